The summed E-state index contributed by atoms with van der Waals surface area (Å²) in [6.07, 6.45) is 5.63. The van der Waals surface area contributed by atoms with Crippen molar-refractivity contribution < 1.29 is 10.2 Å². The maximum atomic E-state index is 10.7. The Balaban J connectivity index is 0.000000322. The van der Waals surface area contributed by atoms with Crippen LogP contribution in [-0.2, 0) is 5.60 Å². The lowest BCUT2D eigenvalue weighted by Crippen LogP contribution is -2.39. The lowest BCUT2D eigenvalue weighted by molar-refractivity contribution is -0.0788. The first-order chi connectivity index (χ1) is 11.1. The largest absolute Gasteiger partial charge is 0.393 e. The van der Waals surface area contributed by atoms with Crippen molar-refractivity contribution in [3.8, 4) is 0 Å². The van der Waals surface area contributed by atoms with E-state index in [2.05, 4.69) is 25.7 Å². The van der Waals surface area contributed by atoms with E-state index in [4.69, 9.17) is 0 Å². The van der Waals surface area contributed by atoms with Crippen molar-refractivity contribution in [3.63, 3.8) is 0 Å². The molecule has 3 nitrogen and oxygen atoms in total. The molecule has 2 N–H and O–H groups in total. The van der Waals surface area contributed by atoms with Crippen LogP contribution < -0.4 is 0 Å². The minimum absolute atomic E-state index is 0.179. The molecule has 1 atom stereocenters. The van der Waals surface area contributed by atoms with Gasteiger partial charge in [-0.25, -0.2) is 0 Å². The summed E-state index contributed by atoms with van der Waals surface area (Å²) >= 11 is 0. The highest BCUT2D eigenvalue weighted by molar-refractivity contribution is 5.23. The third kappa shape index (κ3) is 5.91. The van der Waals surface area contributed by atoms with E-state index in [1.54, 1.807) is 0 Å². The Kier molecular flexibility index (Phi) is 9.46. The summed E-state index contributed by atoms with van der Waals surface area (Å²) in [6.45, 7) is 9.95. The van der Waals surface area contributed by atoms with Gasteiger partial charge in [0.2, 0.25) is 0 Å². The molecule has 132 valence electrons. The zero-order chi connectivity index (χ0) is 17.1. The summed E-state index contributed by atoms with van der Waals surface area (Å²) in [5.41, 5.74) is -0.189. The second-order valence-corrected chi connectivity index (χ2v) is 6.40. The van der Waals surface area contributed by atoms with Crippen LogP contribution in [0.5, 0.6) is 0 Å². The van der Waals surface area contributed by atoms with Crippen molar-refractivity contribution in [2.45, 2.75) is 58.5 Å². The van der Waals surface area contributed by atoms with E-state index in [9.17, 15) is 10.2 Å². The molecule has 1 aromatic carbocycles. The van der Waals surface area contributed by atoms with Crippen LogP contribution in [0.3, 0.4) is 0 Å². The lowest BCUT2D eigenvalue weighted by atomic mass is 9.74. The monoisotopic (exact) mass is 321 g/mol. The van der Waals surface area contributed by atoms with E-state index in [1.807, 2.05) is 30.3 Å². The van der Waals surface area contributed by atoms with Crippen molar-refractivity contribution in [3.05, 3.63) is 35.9 Å². The zero-order valence-electron chi connectivity index (χ0n) is 15.2. The standard InChI is InChI=1S/C14H20O2.C6H15N/c15-11-14(16,12-7-3-1-4-8-12)13-9-5-2-6-10-13;1-4-7(5-2)6-3/h1,3-4,7-8,13,15-16H,2,5-6,9-11H2;4-6H2,1-3H3. The van der Waals surface area contributed by atoms with Crippen molar-refractivity contribution in [1.82, 2.24) is 4.90 Å². The molecule has 0 heterocycles. The second kappa shape index (κ2) is 10.8. The first kappa shape index (κ1) is 20.1. The molecule has 1 aliphatic carbocycles. The van der Waals surface area contributed by atoms with Crippen LogP contribution in [0.1, 0.15) is 58.4 Å². The molecular weight excluding hydrogens is 286 g/mol. The Morgan fingerprint density at radius 3 is 1.87 bits per heavy atom. The summed E-state index contributed by atoms with van der Waals surface area (Å²) in [5, 5.41) is 20.2. The number of rotatable bonds is 6. The normalized spacial score (nSPS) is 18.2. The molecular formula is C20H35NO2. The van der Waals surface area contributed by atoms with Gasteiger partial charge in [-0.2, -0.15) is 0 Å². The van der Waals surface area contributed by atoms with Crippen molar-refractivity contribution >= 4 is 0 Å². The molecule has 3 heteroatoms. The maximum absolute atomic E-state index is 10.7. The van der Waals surface area contributed by atoms with Gasteiger partial charge in [0.15, 0.2) is 0 Å². The summed E-state index contributed by atoms with van der Waals surface area (Å²) in [7, 11) is 0. The fourth-order valence-corrected chi connectivity index (χ4v) is 3.43. The fraction of sp³-hybridized carbons (Fsp3) is 0.700. The zero-order valence-corrected chi connectivity index (χ0v) is 15.2. The van der Waals surface area contributed by atoms with Crippen LogP contribution in [0.25, 0.3) is 0 Å². The van der Waals surface area contributed by atoms with Crippen molar-refractivity contribution in [2.75, 3.05) is 26.2 Å². The minimum atomic E-state index is -1.04. The number of aliphatic hydroxyl groups is 2. The first-order valence-electron chi connectivity index (χ1n) is 9.23. The average molecular weight is 322 g/mol. The highest BCUT2D eigenvalue weighted by Gasteiger charge is 2.38. The highest BCUT2D eigenvalue weighted by Crippen LogP contribution is 2.38. The molecule has 0 spiro atoms. The van der Waals surface area contributed by atoms with Gasteiger partial charge in [-0.1, -0.05) is 70.4 Å². The Labute approximate surface area is 142 Å². The predicted octanol–water partition coefficient (Wildman–Crippen LogP) is 3.79. The molecule has 1 aliphatic rings. The molecule has 0 aliphatic heterocycles. The summed E-state index contributed by atoms with van der Waals surface area (Å²) in [6, 6.07) is 9.58. The summed E-state index contributed by atoms with van der Waals surface area (Å²) in [4.78, 5) is 2.38. The van der Waals surface area contributed by atoms with Gasteiger partial charge in [-0.15, -0.1) is 0 Å². The molecule has 1 unspecified atom stereocenters. The minimum Gasteiger partial charge on any atom is -0.393 e. The van der Waals surface area contributed by atoms with Gasteiger partial charge >= 0.3 is 0 Å². The smallest absolute Gasteiger partial charge is 0.115 e. The van der Waals surface area contributed by atoms with E-state index in [0.717, 1.165) is 18.4 Å². The van der Waals surface area contributed by atoms with Crippen LogP contribution in [0.2, 0.25) is 0 Å². The van der Waals surface area contributed by atoms with Gasteiger partial charge in [-0.05, 0) is 44.0 Å². The molecule has 23 heavy (non-hydrogen) atoms. The van der Waals surface area contributed by atoms with Gasteiger partial charge in [0.25, 0.3) is 0 Å². The van der Waals surface area contributed by atoms with E-state index < -0.39 is 5.60 Å². The molecule has 1 aromatic rings. The number of hydrogen-bond donors (Lipinski definition) is 2. The van der Waals surface area contributed by atoms with E-state index in [0.29, 0.717) is 0 Å². The number of benzene rings is 1. The quantitative estimate of drug-likeness (QED) is 0.837. The van der Waals surface area contributed by atoms with E-state index in [1.165, 1.54) is 38.9 Å². The van der Waals surface area contributed by atoms with Gasteiger partial charge in [0, 0.05) is 0 Å². The van der Waals surface area contributed by atoms with Gasteiger partial charge in [0.1, 0.15) is 5.60 Å². The third-order valence-electron chi connectivity index (χ3n) is 5.14. The van der Waals surface area contributed by atoms with Crippen LogP contribution in [0.15, 0.2) is 30.3 Å². The molecule has 0 saturated heterocycles. The van der Waals surface area contributed by atoms with Crippen molar-refractivity contribution in [2.24, 2.45) is 5.92 Å². The molecule has 1 fully saturated rings. The van der Waals surface area contributed by atoms with Crippen LogP contribution in [-0.4, -0.2) is 41.4 Å². The van der Waals surface area contributed by atoms with Crippen LogP contribution in [0.4, 0.5) is 0 Å². The topological polar surface area (TPSA) is 43.7 Å². The maximum Gasteiger partial charge on any atom is 0.115 e. The highest BCUT2D eigenvalue weighted by atomic mass is 16.3. The Hall–Kier alpha value is -0.900. The summed E-state index contributed by atoms with van der Waals surface area (Å²) in [5.74, 6) is 0.202. The number of hydrogen-bond acceptors (Lipinski definition) is 3. The summed E-state index contributed by atoms with van der Waals surface area (Å²) < 4.78 is 0. The second-order valence-electron chi connectivity index (χ2n) is 6.40. The molecule has 0 aromatic heterocycles. The van der Waals surface area contributed by atoms with Gasteiger partial charge < -0.3 is 15.1 Å². The molecule has 2 rings (SSSR count). The van der Waals surface area contributed by atoms with Crippen LogP contribution in [0, 0.1) is 5.92 Å². The SMILES string of the molecule is CCN(CC)CC.OCC(O)(c1ccccc1)C1CCCCC1. The third-order valence-corrected chi connectivity index (χ3v) is 5.14. The molecule has 0 radical (unpaired) electrons. The molecule has 0 bridgehead atoms. The van der Waals surface area contributed by atoms with Gasteiger partial charge in [-0.3, -0.25) is 0 Å². The lowest BCUT2D eigenvalue weighted by Gasteiger charge is -2.37. The first-order valence-corrected chi connectivity index (χ1v) is 9.23. The van der Waals surface area contributed by atoms with Gasteiger partial charge in [0.05, 0.1) is 6.61 Å². The van der Waals surface area contributed by atoms with Crippen LogP contribution >= 0.6 is 0 Å². The molecule has 0 amide bonds. The van der Waals surface area contributed by atoms with Crippen molar-refractivity contribution in [1.29, 1.82) is 0 Å². The Bertz CT molecular complexity index is 394. The Morgan fingerprint density at radius 2 is 1.48 bits per heavy atom. The van der Waals surface area contributed by atoms with E-state index >= 15 is 0 Å². The average Bonchev–Trinajstić information content (AvgIpc) is 2.64. The predicted molar refractivity (Wildman–Crippen MR) is 97.5 cm³/mol. The number of nitrogens with zero attached hydrogens (tertiary/aromatic N) is 1. The fourth-order valence-electron chi connectivity index (χ4n) is 3.43. The van der Waals surface area contributed by atoms with E-state index in [-0.39, 0.29) is 12.5 Å². The number of aliphatic hydroxyl groups excluding tert-OH is 1. The Morgan fingerprint density at radius 1 is 0.957 bits per heavy atom. The molecule has 1 saturated carbocycles.